The van der Waals surface area contributed by atoms with Gasteiger partial charge in [-0.05, 0) is 36.4 Å². The molecule has 0 saturated carbocycles. The molecule has 3 aromatic rings. The van der Waals surface area contributed by atoms with Crippen molar-refractivity contribution >= 4 is 16.9 Å². The second kappa shape index (κ2) is 12.7. The number of ether oxygens (including phenoxy) is 5. The Labute approximate surface area is 235 Å². The number of carbonyl (C=O) groups is 1. The van der Waals surface area contributed by atoms with Crippen molar-refractivity contribution in [1.82, 2.24) is 0 Å². The lowest BCUT2D eigenvalue weighted by Gasteiger charge is -2.26. The molecule has 1 aromatic heterocycles. The lowest BCUT2D eigenvalue weighted by molar-refractivity contribution is -0.514. The first-order chi connectivity index (χ1) is 19.8. The first-order valence-electron chi connectivity index (χ1n) is 11.9. The van der Waals surface area contributed by atoms with Crippen molar-refractivity contribution in [3.8, 4) is 22.6 Å². The molecule has 1 heterocycles. The van der Waals surface area contributed by atoms with Crippen LogP contribution < -0.4 is 15.1 Å². The van der Waals surface area contributed by atoms with Crippen molar-refractivity contribution in [2.45, 2.75) is 44.5 Å². The Morgan fingerprint density at radius 1 is 0.791 bits per heavy atom. The summed E-state index contributed by atoms with van der Waals surface area (Å²) in [5.41, 5.74) is -3.48. The van der Waals surface area contributed by atoms with Crippen molar-refractivity contribution < 1.29 is 72.4 Å². The molecular formula is C26H21F9O8. The molecule has 0 atom stereocenters. The van der Waals surface area contributed by atoms with Gasteiger partial charge in [0.15, 0.2) is 0 Å². The highest BCUT2D eigenvalue weighted by atomic mass is 19.4. The minimum absolute atomic E-state index is 0.107. The van der Waals surface area contributed by atoms with Gasteiger partial charge in [0, 0.05) is 23.9 Å². The fourth-order valence-corrected chi connectivity index (χ4v) is 3.56. The first kappa shape index (κ1) is 33.5. The lowest BCUT2D eigenvalue weighted by Crippen LogP contribution is -2.41. The lowest BCUT2D eigenvalue weighted by atomic mass is 9.99. The Hall–Kier alpha value is -3.99. The molecular weight excluding hydrogens is 611 g/mol. The molecule has 0 fully saturated rings. The summed E-state index contributed by atoms with van der Waals surface area (Å²) in [5.74, 6) is -1.32. The van der Waals surface area contributed by atoms with E-state index in [1.807, 2.05) is 0 Å². The average Bonchev–Trinajstić information content (AvgIpc) is 2.85. The molecule has 0 unspecified atom stereocenters. The average molecular weight is 632 g/mol. The third-order valence-electron chi connectivity index (χ3n) is 5.43. The van der Waals surface area contributed by atoms with Crippen LogP contribution in [0.2, 0.25) is 0 Å². The van der Waals surface area contributed by atoms with Gasteiger partial charge in [0.2, 0.25) is 0 Å². The van der Waals surface area contributed by atoms with Gasteiger partial charge in [-0.1, -0.05) is 0 Å². The maximum Gasteiger partial charge on any atom is 0.494 e. The van der Waals surface area contributed by atoms with E-state index >= 15 is 0 Å². The van der Waals surface area contributed by atoms with E-state index in [1.165, 1.54) is 12.1 Å². The Kier molecular flexibility index (Phi) is 9.90. The van der Waals surface area contributed by atoms with Crippen LogP contribution in [0, 0.1) is 0 Å². The number of benzene rings is 2. The summed E-state index contributed by atoms with van der Waals surface area (Å²) in [5, 5.41) is 0.117. The fourth-order valence-electron chi connectivity index (χ4n) is 3.56. The zero-order valence-corrected chi connectivity index (χ0v) is 22.0. The third kappa shape index (κ3) is 9.51. The van der Waals surface area contributed by atoms with Crippen LogP contribution in [0.4, 0.5) is 39.5 Å². The number of fused-ring (bicyclic) bond motifs is 1. The van der Waals surface area contributed by atoms with Gasteiger partial charge in [0.1, 0.15) is 17.1 Å². The van der Waals surface area contributed by atoms with Crippen LogP contribution in [0.3, 0.4) is 0 Å². The van der Waals surface area contributed by atoms with Crippen molar-refractivity contribution in [2.75, 3.05) is 20.3 Å². The van der Waals surface area contributed by atoms with Crippen LogP contribution in [-0.2, 0) is 25.2 Å². The Morgan fingerprint density at radius 3 is 1.98 bits per heavy atom. The number of hydrogen-bond acceptors (Lipinski definition) is 8. The largest absolute Gasteiger partial charge is 0.497 e. The molecule has 0 aliphatic rings. The van der Waals surface area contributed by atoms with Gasteiger partial charge >= 0.3 is 36.3 Å². The minimum atomic E-state index is -5.46. The predicted octanol–water partition coefficient (Wildman–Crippen LogP) is 6.98. The maximum absolute atomic E-state index is 13.9. The molecule has 0 radical (unpaired) electrons. The predicted molar refractivity (Wildman–Crippen MR) is 128 cm³/mol. The maximum atomic E-state index is 13.9. The quantitative estimate of drug-likeness (QED) is 0.0863. The molecule has 0 amide bonds. The van der Waals surface area contributed by atoms with Gasteiger partial charge in [-0.3, -0.25) is 4.79 Å². The highest BCUT2D eigenvalue weighted by molar-refractivity contribution is 5.83. The number of halogens is 9. The van der Waals surface area contributed by atoms with E-state index in [1.54, 1.807) is 0 Å². The van der Waals surface area contributed by atoms with Crippen LogP contribution in [0.25, 0.3) is 22.1 Å². The van der Waals surface area contributed by atoms with E-state index in [9.17, 15) is 49.1 Å². The van der Waals surface area contributed by atoms with Crippen molar-refractivity contribution in [2.24, 2.45) is 0 Å². The van der Waals surface area contributed by atoms with Crippen LogP contribution in [0.1, 0.15) is 25.3 Å². The van der Waals surface area contributed by atoms with Crippen molar-refractivity contribution in [1.29, 1.82) is 0 Å². The first-order valence-corrected chi connectivity index (χ1v) is 11.9. The van der Waals surface area contributed by atoms with Gasteiger partial charge in [-0.2, -0.15) is 30.7 Å². The third-order valence-corrected chi connectivity index (χ3v) is 5.43. The van der Waals surface area contributed by atoms with Gasteiger partial charge in [-0.25, -0.2) is 14.3 Å². The molecule has 236 valence electrons. The molecule has 17 heteroatoms. The van der Waals surface area contributed by atoms with Crippen LogP contribution >= 0.6 is 0 Å². The molecule has 0 aliphatic carbocycles. The molecule has 0 bridgehead atoms. The zero-order valence-electron chi connectivity index (χ0n) is 22.0. The number of methoxy groups -OCH3 is 1. The van der Waals surface area contributed by atoms with Gasteiger partial charge < -0.3 is 18.6 Å². The number of alkyl halides is 9. The molecule has 8 nitrogen and oxygen atoms in total. The highest BCUT2D eigenvalue weighted by Gasteiger charge is 2.52. The second-order valence-electron chi connectivity index (χ2n) is 8.69. The van der Waals surface area contributed by atoms with E-state index in [0.717, 1.165) is 38.3 Å². The topological polar surface area (TPSA) is 93.4 Å². The smallest absolute Gasteiger partial charge is 0.494 e. The summed E-state index contributed by atoms with van der Waals surface area (Å²) >= 11 is 0. The Bertz CT molecular complexity index is 1500. The summed E-state index contributed by atoms with van der Waals surface area (Å²) in [7, 11) is 1.16. The second-order valence-corrected chi connectivity index (χ2v) is 8.69. The van der Waals surface area contributed by atoms with Gasteiger partial charge in [0.05, 0.1) is 44.3 Å². The van der Waals surface area contributed by atoms with E-state index in [2.05, 4.69) is 14.2 Å². The van der Waals surface area contributed by atoms with E-state index < -0.39 is 79.0 Å². The SMILES string of the molecule is COc1ccc(-c2cc3ccc(OCCC(F)(F)OC(F)(F)OC(F)(F)CCOC(C)=O)cc3oc2=O)c(C(F)(F)F)c1. The fraction of sp³-hybridized carbons (Fsp3) is 0.385. The highest BCUT2D eigenvalue weighted by Crippen LogP contribution is 2.39. The van der Waals surface area contributed by atoms with Gasteiger partial charge in [0.25, 0.3) is 0 Å². The molecule has 3 rings (SSSR count). The minimum Gasteiger partial charge on any atom is -0.497 e. The van der Waals surface area contributed by atoms with Crippen LogP contribution in [-0.4, -0.2) is 44.8 Å². The standard InChI is InChI=1S/C26H21F9O8/c1-14(36)39-9-7-23(27,28)42-26(34,35)43-24(29,30)8-10-40-17-4-3-15-11-19(22(37)41-21(15)13-17)18-6-5-16(38-2)12-20(18)25(31,32)33/h3-6,11-13H,7-10H2,1-2H3. The molecule has 0 saturated heterocycles. The number of hydrogen-bond donors (Lipinski definition) is 0. The Morgan fingerprint density at radius 2 is 1.40 bits per heavy atom. The normalized spacial score (nSPS) is 12.8. The summed E-state index contributed by atoms with van der Waals surface area (Å²) in [6, 6.07) is 7.46. The van der Waals surface area contributed by atoms with Crippen LogP contribution in [0.5, 0.6) is 11.5 Å². The summed E-state index contributed by atoms with van der Waals surface area (Å²) in [6.45, 7) is -1.19. The summed E-state index contributed by atoms with van der Waals surface area (Å²) < 4.78 is 148. The van der Waals surface area contributed by atoms with E-state index in [4.69, 9.17) is 13.9 Å². The number of carbonyl (C=O) groups excluding carboxylic acids is 1. The summed E-state index contributed by atoms with van der Waals surface area (Å²) in [6.07, 6.45) is -22.9. The summed E-state index contributed by atoms with van der Waals surface area (Å²) in [4.78, 5) is 23.1. The van der Waals surface area contributed by atoms with E-state index in [0.29, 0.717) is 6.07 Å². The van der Waals surface area contributed by atoms with Crippen molar-refractivity contribution in [3.63, 3.8) is 0 Å². The van der Waals surface area contributed by atoms with Crippen molar-refractivity contribution in [3.05, 3.63) is 58.4 Å². The molecule has 0 N–H and O–H groups in total. The number of rotatable bonds is 13. The number of esters is 1. The molecule has 0 spiro atoms. The van der Waals surface area contributed by atoms with Gasteiger partial charge in [-0.15, -0.1) is 8.78 Å². The van der Waals surface area contributed by atoms with E-state index in [-0.39, 0.29) is 22.5 Å². The van der Waals surface area contributed by atoms with Crippen LogP contribution in [0.15, 0.2) is 51.7 Å². The monoisotopic (exact) mass is 632 g/mol. The molecule has 2 aromatic carbocycles. The molecule has 43 heavy (non-hydrogen) atoms. The zero-order chi connectivity index (χ0) is 32.2. The Balaban J connectivity index is 1.68. The molecule has 0 aliphatic heterocycles.